The van der Waals surface area contributed by atoms with Crippen LogP contribution in [0.4, 0.5) is 4.39 Å². The fourth-order valence-corrected chi connectivity index (χ4v) is 2.33. The van der Waals surface area contributed by atoms with Crippen LogP contribution in [0.25, 0.3) is 0 Å². The van der Waals surface area contributed by atoms with E-state index in [0.717, 1.165) is 5.56 Å². The number of phenolic OH excluding ortho intramolecular Hbond substituents is 1. The molecule has 2 rings (SSSR count). The molecular weight excluding hydrogens is 321 g/mol. The minimum Gasteiger partial charge on any atom is -0.508 e. The molecule has 6 heteroatoms. The highest BCUT2D eigenvalue weighted by atomic mass is 19.1. The molecule has 25 heavy (non-hydrogen) atoms. The maximum atomic E-state index is 13.3. The molecule has 0 spiro atoms. The van der Waals surface area contributed by atoms with Crippen molar-refractivity contribution in [3.05, 3.63) is 58.9 Å². The van der Waals surface area contributed by atoms with Gasteiger partial charge in [-0.1, -0.05) is 12.1 Å². The number of phenols is 1. The number of methoxy groups -OCH3 is 1. The molecule has 0 bridgehead atoms. The molecule has 0 aromatic heterocycles. The molecule has 3 N–H and O–H groups in total. The van der Waals surface area contributed by atoms with Crippen LogP contribution in [0.3, 0.4) is 0 Å². The lowest BCUT2D eigenvalue weighted by Gasteiger charge is -2.13. The van der Waals surface area contributed by atoms with Gasteiger partial charge in [0.15, 0.2) is 5.96 Å². The van der Waals surface area contributed by atoms with Crippen molar-refractivity contribution in [3.8, 4) is 11.5 Å². The van der Waals surface area contributed by atoms with E-state index in [4.69, 9.17) is 4.74 Å². The van der Waals surface area contributed by atoms with Crippen LogP contribution in [0, 0.1) is 12.7 Å². The van der Waals surface area contributed by atoms with Gasteiger partial charge in [0.1, 0.15) is 17.3 Å². The molecule has 0 saturated heterocycles. The van der Waals surface area contributed by atoms with E-state index in [9.17, 15) is 9.50 Å². The predicted molar refractivity (Wildman–Crippen MR) is 97.5 cm³/mol. The lowest BCUT2D eigenvalue weighted by molar-refractivity contribution is 0.410. The molecule has 0 aliphatic rings. The second kappa shape index (κ2) is 8.92. The van der Waals surface area contributed by atoms with Crippen LogP contribution >= 0.6 is 0 Å². The van der Waals surface area contributed by atoms with Gasteiger partial charge in [0.05, 0.1) is 13.7 Å². The Labute approximate surface area is 147 Å². The van der Waals surface area contributed by atoms with Crippen molar-refractivity contribution < 1.29 is 14.2 Å². The fourth-order valence-electron chi connectivity index (χ4n) is 2.33. The molecule has 2 aromatic rings. The summed E-state index contributed by atoms with van der Waals surface area (Å²) in [6, 6.07) is 10.0. The van der Waals surface area contributed by atoms with E-state index in [0.29, 0.717) is 42.5 Å². The highest BCUT2D eigenvalue weighted by Gasteiger charge is 2.05. The minimum atomic E-state index is -0.216. The number of rotatable bonds is 6. The Morgan fingerprint density at radius 2 is 2.00 bits per heavy atom. The number of benzene rings is 2. The van der Waals surface area contributed by atoms with Crippen molar-refractivity contribution in [2.75, 3.05) is 13.7 Å². The van der Waals surface area contributed by atoms with E-state index in [1.54, 1.807) is 44.4 Å². The summed E-state index contributed by atoms with van der Waals surface area (Å²) in [6.45, 7) is 5.25. The van der Waals surface area contributed by atoms with E-state index < -0.39 is 0 Å². The highest BCUT2D eigenvalue weighted by Crippen LogP contribution is 2.22. The Balaban J connectivity index is 2.05. The summed E-state index contributed by atoms with van der Waals surface area (Å²) in [5.41, 5.74) is 2.25. The summed E-state index contributed by atoms with van der Waals surface area (Å²) in [4.78, 5) is 4.50. The van der Waals surface area contributed by atoms with E-state index in [1.807, 2.05) is 6.92 Å². The maximum absolute atomic E-state index is 13.3. The van der Waals surface area contributed by atoms with Crippen molar-refractivity contribution in [3.63, 3.8) is 0 Å². The molecule has 5 nitrogen and oxygen atoms in total. The molecule has 0 amide bonds. The monoisotopic (exact) mass is 345 g/mol. The zero-order chi connectivity index (χ0) is 18.2. The fraction of sp³-hybridized carbons (Fsp3) is 0.316. The van der Waals surface area contributed by atoms with Gasteiger partial charge in [-0.3, -0.25) is 0 Å². The Hall–Kier alpha value is -2.76. The zero-order valence-corrected chi connectivity index (χ0v) is 14.8. The number of guanidine groups is 1. The average molecular weight is 345 g/mol. The first-order valence-electron chi connectivity index (χ1n) is 8.16. The number of aliphatic imine (C=N–C) groups is 1. The van der Waals surface area contributed by atoms with Gasteiger partial charge in [-0.25, -0.2) is 9.38 Å². The first kappa shape index (κ1) is 18.6. The van der Waals surface area contributed by atoms with Crippen LogP contribution < -0.4 is 15.4 Å². The van der Waals surface area contributed by atoms with Gasteiger partial charge in [0, 0.05) is 18.7 Å². The van der Waals surface area contributed by atoms with Gasteiger partial charge in [-0.05, 0) is 49.2 Å². The Morgan fingerprint density at radius 3 is 2.68 bits per heavy atom. The summed E-state index contributed by atoms with van der Waals surface area (Å²) >= 11 is 0. The van der Waals surface area contributed by atoms with Crippen molar-refractivity contribution >= 4 is 5.96 Å². The molecule has 0 unspecified atom stereocenters. The number of aryl methyl sites for hydroxylation is 1. The number of hydrogen-bond donors (Lipinski definition) is 3. The topological polar surface area (TPSA) is 65.9 Å². The average Bonchev–Trinajstić information content (AvgIpc) is 2.61. The van der Waals surface area contributed by atoms with Crippen molar-refractivity contribution in [1.29, 1.82) is 0 Å². The molecule has 0 aliphatic heterocycles. The van der Waals surface area contributed by atoms with Gasteiger partial charge in [-0.2, -0.15) is 0 Å². The van der Waals surface area contributed by atoms with Crippen LogP contribution in [0.15, 0.2) is 41.4 Å². The summed E-state index contributed by atoms with van der Waals surface area (Å²) in [6.07, 6.45) is 0. The highest BCUT2D eigenvalue weighted by molar-refractivity contribution is 5.79. The molecule has 2 aromatic carbocycles. The van der Waals surface area contributed by atoms with Gasteiger partial charge >= 0.3 is 0 Å². The van der Waals surface area contributed by atoms with E-state index in [-0.39, 0.29) is 11.6 Å². The standard InChI is InChI=1S/C19H24FN3O2/c1-4-21-19(22-11-14-5-7-17(20)13(2)9-14)23-12-15-10-16(25-3)6-8-18(15)24/h5-10,24H,4,11-12H2,1-3H3,(H2,21,22,23). The number of nitrogens with one attached hydrogen (secondary N) is 2. The summed E-state index contributed by atoms with van der Waals surface area (Å²) < 4.78 is 18.5. The number of nitrogens with zero attached hydrogens (tertiary/aromatic N) is 1. The lowest BCUT2D eigenvalue weighted by Crippen LogP contribution is -2.36. The largest absolute Gasteiger partial charge is 0.508 e. The molecule has 0 heterocycles. The zero-order valence-electron chi connectivity index (χ0n) is 14.8. The predicted octanol–water partition coefficient (Wildman–Crippen LogP) is 3.10. The normalized spacial score (nSPS) is 11.3. The Bertz CT molecular complexity index is 747. The number of halogens is 1. The van der Waals surface area contributed by atoms with Crippen LogP contribution in [0.2, 0.25) is 0 Å². The molecule has 0 aliphatic carbocycles. The Morgan fingerprint density at radius 1 is 1.20 bits per heavy atom. The van der Waals surface area contributed by atoms with Crippen molar-refractivity contribution in [1.82, 2.24) is 10.6 Å². The van der Waals surface area contributed by atoms with Gasteiger partial charge in [-0.15, -0.1) is 0 Å². The number of hydrogen-bond acceptors (Lipinski definition) is 3. The Kier molecular flexibility index (Phi) is 6.62. The van der Waals surface area contributed by atoms with Gasteiger partial charge in [0.2, 0.25) is 0 Å². The molecule has 0 fully saturated rings. The van der Waals surface area contributed by atoms with E-state index in [1.165, 1.54) is 6.07 Å². The van der Waals surface area contributed by atoms with E-state index >= 15 is 0 Å². The second-order valence-corrected chi connectivity index (χ2v) is 5.63. The lowest BCUT2D eigenvalue weighted by atomic mass is 10.1. The molecule has 0 saturated carbocycles. The molecular formula is C19H24FN3O2. The van der Waals surface area contributed by atoms with Crippen LogP contribution in [-0.4, -0.2) is 24.7 Å². The van der Waals surface area contributed by atoms with Crippen LogP contribution in [0.5, 0.6) is 11.5 Å². The molecule has 134 valence electrons. The summed E-state index contributed by atoms with van der Waals surface area (Å²) in [5.74, 6) is 1.27. The molecule has 0 atom stereocenters. The van der Waals surface area contributed by atoms with Crippen molar-refractivity contribution in [2.45, 2.75) is 26.9 Å². The van der Waals surface area contributed by atoms with Crippen LogP contribution in [-0.2, 0) is 13.1 Å². The smallest absolute Gasteiger partial charge is 0.191 e. The van der Waals surface area contributed by atoms with Crippen molar-refractivity contribution in [2.24, 2.45) is 4.99 Å². The van der Waals surface area contributed by atoms with Gasteiger partial charge in [0.25, 0.3) is 0 Å². The third kappa shape index (κ3) is 5.38. The third-order valence-corrected chi connectivity index (χ3v) is 3.72. The minimum absolute atomic E-state index is 0.193. The second-order valence-electron chi connectivity index (χ2n) is 5.63. The number of aromatic hydroxyl groups is 1. The first-order chi connectivity index (χ1) is 12.0. The first-order valence-corrected chi connectivity index (χ1v) is 8.16. The molecule has 0 radical (unpaired) electrons. The summed E-state index contributed by atoms with van der Waals surface area (Å²) in [7, 11) is 1.58. The van der Waals surface area contributed by atoms with E-state index in [2.05, 4.69) is 15.6 Å². The number of ether oxygens (including phenoxy) is 1. The summed E-state index contributed by atoms with van der Waals surface area (Å²) in [5, 5.41) is 16.3. The quantitative estimate of drug-likeness (QED) is 0.556. The van der Waals surface area contributed by atoms with Gasteiger partial charge < -0.3 is 20.5 Å². The third-order valence-electron chi connectivity index (χ3n) is 3.72. The van der Waals surface area contributed by atoms with Crippen LogP contribution in [0.1, 0.15) is 23.6 Å². The maximum Gasteiger partial charge on any atom is 0.191 e. The SMILES string of the molecule is CCNC(=NCc1ccc(F)c(C)c1)NCc1cc(OC)ccc1O.